The molecule has 0 aromatic rings. The molecule has 4 nitrogen and oxygen atoms in total. The van der Waals surface area contributed by atoms with Gasteiger partial charge in [0.2, 0.25) is 0 Å². The van der Waals surface area contributed by atoms with Gasteiger partial charge in [-0.15, -0.1) is 0 Å². The molecule has 0 saturated heterocycles. The van der Waals surface area contributed by atoms with Crippen LogP contribution in [0.2, 0.25) is 0 Å². The minimum absolute atomic E-state index is 0.240. The maximum absolute atomic E-state index is 11.5. The Hall–Kier alpha value is -0.430. The Labute approximate surface area is 114 Å². The van der Waals surface area contributed by atoms with Gasteiger partial charge in [-0.05, 0) is 49.4 Å². The molecule has 2 N–H and O–H groups in total. The molecule has 0 saturated carbocycles. The van der Waals surface area contributed by atoms with E-state index in [0.29, 0.717) is 5.70 Å². The summed E-state index contributed by atoms with van der Waals surface area (Å²) in [6.07, 6.45) is 2.98. The predicted octanol–water partition coefficient (Wildman–Crippen LogP) is 2.84. The minimum atomic E-state index is -0.503. The molecule has 0 aromatic heterocycles. The van der Waals surface area contributed by atoms with Crippen molar-refractivity contribution in [2.45, 2.75) is 31.9 Å². The Morgan fingerprint density at radius 3 is 2.75 bits per heavy atom. The van der Waals surface area contributed by atoms with Crippen molar-refractivity contribution in [1.82, 2.24) is 10.6 Å². The van der Waals surface area contributed by atoms with Gasteiger partial charge in [0.25, 0.3) is 0 Å². The van der Waals surface area contributed by atoms with Crippen LogP contribution in [0.1, 0.15) is 20.8 Å². The summed E-state index contributed by atoms with van der Waals surface area (Å²) in [4.78, 5) is 11.5. The van der Waals surface area contributed by atoms with E-state index in [2.05, 4.69) is 33.2 Å². The van der Waals surface area contributed by atoms with Crippen molar-refractivity contribution in [3.05, 3.63) is 21.6 Å². The average Bonchev–Trinajstić information content (AvgIpc) is 2.06. The molecule has 0 bridgehead atoms. The first-order valence-corrected chi connectivity index (χ1v) is 6.27. The molecular formula is C10H14ClIN2O2. The number of alkyl carbamates (subject to hydrolysis) is 1. The largest absolute Gasteiger partial charge is 0.444 e. The van der Waals surface area contributed by atoms with E-state index in [9.17, 15) is 4.79 Å². The summed E-state index contributed by atoms with van der Waals surface area (Å²) in [6.45, 7) is 5.45. The summed E-state index contributed by atoms with van der Waals surface area (Å²) in [5.41, 5.74) is -0.0838. The van der Waals surface area contributed by atoms with E-state index >= 15 is 0 Å². The maximum Gasteiger partial charge on any atom is 0.412 e. The Balaban J connectivity index is 2.56. The lowest BCUT2D eigenvalue weighted by Crippen LogP contribution is -2.34. The van der Waals surface area contributed by atoms with Crippen LogP contribution in [0.15, 0.2) is 21.6 Å². The first-order chi connectivity index (χ1) is 7.28. The van der Waals surface area contributed by atoms with Crippen molar-refractivity contribution in [3.8, 4) is 0 Å². The van der Waals surface area contributed by atoms with Crippen molar-refractivity contribution >= 4 is 40.3 Å². The lowest BCUT2D eigenvalue weighted by molar-refractivity contribution is 0.0547. The highest BCUT2D eigenvalue weighted by atomic mass is 127. The van der Waals surface area contributed by atoms with E-state index in [4.69, 9.17) is 16.3 Å². The third kappa shape index (κ3) is 4.61. The molecule has 1 rings (SSSR count). The van der Waals surface area contributed by atoms with Gasteiger partial charge < -0.3 is 10.1 Å². The van der Waals surface area contributed by atoms with Crippen LogP contribution in [0, 0.1) is 0 Å². The fourth-order valence-electron chi connectivity index (χ4n) is 1.01. The molecule has 0 radical (unpaired) electrons. The average molecular weight is 357 g/mol. The number of nitrogens with one attached hydrogen (secondary N) is 2. The summed E-state index contributed by atoms with van der Waals surface area (Å²) in [5.74, 6) is 0. The van der Waals surface area contributed by atoms with Crippen molar-refractivity contribution in [3.63, 3.8) is 0 Å². The Morgan fingerprint density at radius 1 is 1.62 bits per heavy atom. The molecule has 1 aliphatic heterocycles. The van der Waals surface area contributed by atoms with Crippen LogP contribution < -0.4 is 10.6 Å². The van der Waals surface area contributed by atoms with Gasteiger partial charge in [-0.25, -0.2) is 4.79 Å². The molecular weight excluding hydrogens is 342 g/mol. The first-order valence-electron chi connectivity index (χ1n) is 4.76. The number of hydrogen-bond donors (Lipinski definition) is 2. The molecule has 1 atom stereocenters. The number of dihydropyridines is 1. The Bertz CT molecular complexity index is 347. The van der Waals surface area contributed by atoms with Gasteiger partial charge in [-0.1, -0.05) is 11.6 Å². The van der Waals surface area contributed by atoms with Crippen molar-refractivity contribution in [2.75, 3.05) is 0 Å². The number of halogens is 2. The second kappa shape index (κ2) is 5.27. The summed E-state index contributed by atoms with van der Waals surface area (Å²) >= 11 is 7.94. The van der Waals surface area contributed by atoms with Crippen molar-refractivity contribution < 1.29 is 9.53 Å². The van der Waals surface area contributed by atoms with Gasteiger partial charge in [0, 0.05) is 9.78 Å². The second-order valence-electron chi connectivity index (χ2n) is 4.27. The standard InChI is InChI=1S/C10H14ClIN2O2/c1-10(2,3)16-9(15)14-7-5-13-8(11)4-6(7)12/h4-5,8,13H,1-3H3,(H,14,15). The van der Waals surface area contributed by atoms with E-state index in [1.807, 2.05) is 20.8 Å². The minimum Gasteiger partial charge on any atom is -0.444 e. The zero-order valence-corrected chi connectivity index (χ0v) is 12.2. The third-order valence-corrected chi connectivity index (χ3v) is 2.77. The Kier molecular flexibility index (Phi) is 4.49. The highest BCUT2D eigenvalue weighted by Gasteiger charge is 2.19. The highest BCUT2D eigenvalue weighted by Crippen LogP contribution is 2.21. The summed E-state index contributed by atoms with van der Waals surface area (Å²) in [7, 11) is 0. The zero-order chi connectivity index (χ0) is 12.3. The molecule has 1 unspecified atom stereocenters. The summed E-state index contributed by atoms with van der Waals surface area (Å²) in [5, 5.41) is 5.53. The smallest absolute Gasteiger partial charge is 0.412 e. The molecule has 6 heteroatoms. The van der Waals surface area contributed by atoms with Crippen LogP contribution in [-0.4, -0.2) is 17.2 Å². The lowest BCUT2D eigenvalue weighted by atomic mass is 10.2. The fourth-order valence-corrected chi connectivity index (χ4v) is 2.06. The van der Waals surface area contributed by atoms with Crippen LogP contribution in [-0.2, 0) is 4.74 Å². The number of hydrogen-bond acceptors (Lipinski definition) is 3. The van der Waals surface area contributed by atoms with Crippen molar-refractivity contribution in [1.29, 1.82) is 0 Å². The SMILES string of the molecule is CC(C)(C)OC(=O)NC1=CNC(Cl)C=C1I. The zero-order valence-electron chi connectivity index (χ0n) is 9.30. The number of carbonyl (C=O) groups is 1. The van der Waals surface area contributed by atoms with Crippen LogP contribution in [0.4, 0.5) is 4.79 Å². The number of allylic oxidation sites excluding steroid dienone is 1. The molecule has 0 aromatic carbocycles. The van der Waals surface area contributed by atoms with Crippen LogP contribution in [0.3, 0.4) is 0 Å². The normalized spacial score (nSPS) is 20.4. The fraction of sp³-hybridized carbons (Fsp3) is 0.500. The second-order valence-corrected chi connectivity index (χ2v) is 5.90. The Morgan fingerprint density at radius 2 is 2.25 bits per heavy atom. The molecule has 0 spiro atoms. The highest BCUT2D eigenvalue weighted by molar-refractivity contribution is 14.1. The molecule has 0 aliphatic carbocycles. The number of ether oxygens (including phenoxy) is 1. The topological polar surface area (TPSA) is 50.4 Å². The molecule has 16 heavy (non-hydrogen) atoms. The van der Waals surface area contributed by atoms with E-state index in [1.54, 1.807) is 12.3 Å². The number of amides is 1. The van der Waals surface area contributed by atoms with Crippen LogP contribution >= 0.6 is 34.2 Å². The maximum atomic E-state index is 11.5. The molecule has 90 valence electrons. The number of alkyl halides is 1. The van der Waals surface area contributed by atoms with E-state index in [-0.39, 0.29) is 5.50 Å². The molecule has 1 aliphatic rings. The monoisotopic (exact) mass is 356 g/mol. The summed E-state index contributed by atoms with van der Waals surface area (Å²) in [6, 6.07) is 0. The number of rotatable bonds is 1. The quantitative estimate of drug-likeness (QED) is 0.431. The van der Waals surface area contributed by atoms with E-state index in [0.717, 1.165) is 3.58 Å². The lowest BCUT2D eigenvalue weighted by Gasteiger charge is -2.22. The summed E-state index contributed by atoms with van der Waals surface area (Å²) < 4.78 is 6.01. The third-order valence-electron chi connectivity index (χ3n) is 1.57. The van der Waals surface area contributed by atoms with Crippen LogP contribution in [0.5, 0.6) is 0 Å². The first kappa shape index (κ1) is 13.6. The van der Waals surface area contributed by atoms with Gasteiger partial charge in [0.1, 0.15) is 11.1 Å². The van der Waals surface area contributed by atoms with Crippen molar-refractivity contribution in [2.24, 2.45) is 0 Å². The van der Waals surface area contributed by atoms with Gasteiger partial charge in [-0.2, -0.15) is 0 Å². The molecule has 0 fully saturated rings. The van der Waals surface area contributed by atoms with Gasteiger partial charge in [-0.3, -0.25) is 5.32 Å². The van der Waals surface area contributed by atoms with Gasteiger partial charge in [0.05, 0.1) is 5.70 Å². The van der Waals surface area contributed by atoms with Gasteiger partial charge >= 0.3 is 6.09 Å². The molecule has 1 heterocycles. The number of carbonyl (C=O) groups excluding carboxylic acids is 1. The van der Waals surface area contributed by atoms with E-state index < -0.39 is 11.7 Å². The van der Waals surface area contributed by atoms with Gasteiger partial charge in [0.15, 0.2) is 0 Å². The predicted molar refractivity (Wildman–Crippen MR) is 72.3 cm³/mol. The molecule has 1 amide bonds. The van der Waals surface area contributed by atoms with Crippen LogP contribution in [0.25, 0.3) is 0 Å². The van der Waals surface area contributed by atoms with E-state index in [1.165, 1.54) is 0 Å².